The van der Waals surface area contributed by atoms with E-state index in [-0.39, 0.29) is 6.03 Å². The molecule has 116 valence electrons. The van der Waals surface area contributed by atoms with Gasteiger partial charge in [-0.25, -0.2) is 4.79 Å². The van der Waals surface area contributed by atoms with Gasteiger partial charge in [-0.2, -0.15) is 0 Å². The summed E-state index contributed by atoms with van der Waals surface area (Å²) in [5, 5.41) is 3.05. The molecule has 21 heavy (non-hydrogen) atoms. The predicted octanol–water partition coefficient (Wildman–Crippen LogP) is 2.88. The van der Waals surface area contributed by atoms with Gasteiger partial charge in [0.2, 0.25) is 0 Å². The summed E-state index contributed by atoms with van der Waals surface area (Å²) < 4.78 is 0. The van der Waals surface area contributed by atoms with Crippen molar-refractivity contribution < 1.29 is 4.79 Å². The van der Waals surface area contributed by atoms with Crippen LogP contribution in [-0.4, -0.2) is 29.6 Å². The fraction of sp³-hybridized carbons (Fsp3) is 0.588. The van der Waals surface area contributed by atoms with E-state index in [1.807, 2.05) is 35.2 Å². The van der Waals surface area contributed by atoms with Crippen LogP contribution in [0.5, 0.6) is 0 Å². The maximum absolute atomic E-state index is 12.5. The molecule has 0 atom stereocenters. The highest BCUT2D eigenvalue weighted by molar-refractivity contribution is 5.74. The highest BCUT2D eigenvalue weighted by Crippen LogP contribution is 2.22. The van der Waals surface area contributed by atoms with Gasteiger partial charge in [-0.1, -0.05) is 37.3 Å². The molecule has 2 rings (SSSR count). The molecule has 2 amide bonds. The molecule has 0 aliphatic heterocycles. The lowest BCUT2D eigenvalue weighted by Gasteiger charge is -2.36. The number of hydrogen-bond donors (Lipinski definition) is 2. The molecule has 0 unspecified atom stereocenters. The number of hydrogen-bond acceptors (Lipinski definition) is 2. The Morgan fingerprint density at radius 1 is 1.24 bits per heavy atom. The van der Waals surface area contributed by atoms with Gasteiger partial charge in [0.05, 0.1) is 0 Å². The summed E-state index contributed by atoms with van der Waals surface area (Å²) in [7, 11) is 0. The Hall–Kier alpha value is -1.55. The molecule has 3 N–H and O–H groups in total. The summed E-state index contributed by atoms with van der Waals surface area (Å²) in [5.74, 6) is 0. The molecule has 0 aromatic heterocycles. The first-order valence-electron chi connectivity index (χ1n) is 8.04. The van der Waals surface area contributed by atoms with Gasteiger partial charge in [-0.05, 0) is 37.7 Å². The lowest BCUT2D eigenvalue weighted by atomic mass is 9.91. The van der Waals surface area contributed by atoms with Crippen molar-refractivity contribution in [3.05, 3.63) is 35.9 Å². The van der Waals surface area contributed by atoms with Crippen molar-refractivity contribution in [2.45, 2.75) is 57.7 Å². The lowest BCUT2D eigenvalue weighted by Crippen LogP contribution is -2.48. The Kier molecular flexibility index (Phi) is 6.05. The Morgan fingerprint density at radius 2 is 1.90 bits per heavy atom. The van der Waals surface area contributed by atoms with Gasteiger partial charge in [0.1, 0.15) is 0 Å². The minimum atomic E-state index is 0.0566. The van der Waals surface area contributed by atoms with Crippen LogP contribution < -0.4 is 11.1 Å². The molecule has 0 radical (unpaired) electrons. The average molecular weight is 289 g/mol. The zero-order valence-corrected chi connectivity index (χ0v) is 12.9. The average Bonchev–Trinajstić information content (AvgIpc) is 2.52. The van der Waals surface area contributed by atoms with Gasteiger partial charge in [0.15, 0.2) is 0 Å². The van der Waals surface area contributed by atoms with Crippen molar-refractivity contribution in [3.8, 4) is 0 Å². The highest BCUT2D eigenvalue weighted by Gasteiger charge is 2.26. The van der Waals surface area contributed by atoms with E-state index in [4.69, 9.17) is 5.73 Å². The quantitative estimate of drug-likeness (QED) is 0.875. The first-order chi connectivity index (χ1) is 10.2. The molecule has 0 saturated heterocycles. The van der Waals surface area contributed by atoms with E-state index in [1.54, 1.807) is 0 Å². The number of rotatable bonds is 5. The normalized spacial score (nSPS) is 21.8. The minimum Gasteiger partial charge on any atom is -0.334 e. The number of benzene rings is 1. The smallest absolute Gasteiger partial charge is 0.317 e. The zero-order chi connectivity index (χ0) is 15.1. The molecular formula is C17H27N3O. The second-order valence-corrected chi connectivity index (χ2v) is 5.91. The molecule has 1 aromatic carbocycles. The third-order valence-electron chi connectivity index (χ3n) is 4.19. The molecule has 1 aromatic rings. The van der Waals surface area contributed by atoms with Gasteiger partial charge in [0.25, 0.3) is 0 Å². The van der Waals surface area contributed by atoms with Crippen LogP contribution in [0.1, 0.15) is 44.6 Å². The van der Waals surface area contributed by atoms with Gasteiger partial charge in [0, 0.05) is 25.2 Å². The Morgan fingerprint density at radius 3 is 2.52 bits per heavy atom. The first-order valence-corrected chi connectivity index (χ1v) is 8.04. The topological polar surface area (TPSA) is 58.4 Å². The maximum Gasteiger partial charge on any atom is 0.317 e. The second kappa shape index (κ2) is 8.03. The number of nitrogens with one attached hydrogen (secondary N) is 1. The third kappa shape index (κ3) is 4.74. The summed E-state index contributed by atoms with van der Waals surface area (Å²) in [5.41, 5.74) is 7.10. The standard InChI is InChI=1S/C17H27N3O/c1-2-12-20(16-10-8-15(18)9-11-16)17(21)19-13-14-6-4-3-5-7-14/h3-7,15-16H,2,8-13,18H2,1H3,(H,19,21). The number of urea groups is 1. The molecular weight excluding hydrogens is 262 g/mol. The maximum atomic E-state index is 12.5. The van der Waals surface area contributed by atoms with Crippen molar-refractivity contribution in [1.82, 2.24) is 10.2 Å². The van der Waals surface area contributed by atoms with Crippen LogP contribution in [0.3, 0.4) is 0 Å². The van der Waals surface area contributed by atoms with Crippen LogP contribution in [0.25, 0.3) is 0 Å². The van der Waals surface area contributed by atoms with E-state index in [2.05, 4.69) is 12.2 Å². The van der Waals surface area contributed by atoms with Gasteiger partial charge in [-0.15, -0.1) is 0 Å². The molecule has 4 nitrogen and oxygen atoms in total. The molecule has 1 saturated carbocycles. The zero-order valence-electron chi connectivity index (χ0n) is 12.9. The SMILES string of the molecule is CCCN(C(=O)NCc1ccccc1)C1CCC(N)CC1. The van der Waals surface area contributed by atoms with Crippen molar-refractivity contribution >= 4 is 6.03 Å². The number of carbonyl (C=O) groups is 1. The molecule has 1 aliphatic rings. The van der Waals surface area contributed by atoms with E-state index < -0.39 is 0 Å². The number of amides is 2. The summed E-state index contributed by atoms with van der Waals surface area (Å²) in [4.78, 5) is 14.5. The van der Waals surface area contributed by atoms with E-state index >= 15 is 0 Å². The number of nitrogens with two attached hydrogens (primary N) is 1. The largest absolute Gasteiger partial charge is 0.334 e. The van der Waals surface area contributed by atoms with Crippen LogP contribution in [0.4, 0.5) is 4.79 Å². The Labute approximate surface area is 127 Å². The highest BCUT2D eigenvalue weighted by atomic mass is 16.2. The third-order valence-corrected chi connectivity index (χ3v) is 4.19. The molecule has 0 heterocycles. The monoisotopic (exact) mass is 289 g/mol. The molecule has 0 spiro atoms. The summed E-state index contributed by atoms with van der Waals surface area (Å²) in [6.45, 7) is 3.53. The Balaban J connectivity index is 1.89. The van der Waals surface area contributed by atoms with Crippen LogP contribution >= 0.6 is 0 Å². The molecule has 1 fully saturated rings. The van der Waals surface area contributed by atoms with E-state index in [9.17, 15) is 4.79 Å². The van der Waals surface area contributed by atoms with Crippen molar-refractivity contribution in [1.29, 1.82) is 0 Å². The van der Waals surface area contributed by atoms with Crippen molar-refractivity contribution in [2.75, 3.05) is 6.54 Å². The fourth-order valence-electron chi connectivity index (χ4n) is 2.98. The lowest BCUT2D eigenvalue weighted by molar-refractivity contribution is 0.151. The van der Waals surface area contributed by atoms with Crippen LogP contribution in [0, 0.1) is 0 Å². The van der Waals surface area contributed by atoms with E-state index in [0.29, 0.717) is 18.6 Å². The fourth-order valence-corrected chi connectivity index (χ4v) is 2.98. The first kappa shape index (κ1) is 15.8. The van der Waals surface area contributed by atoms with E-state index in [0.717, 1.165) is 44.2 Å². The second-order valence-electron chi connectivity index (χ2n) is 5.91. The summed E-state index contributed by atoms with van der Waals surface area (Å²) in [6.07, 6.45) is 5.09. The van der Waals surface area contributed by atoms with Gasteiger partial charge in [-0.3, -0.25) is 0 Å². The number of nitrogens with zero attached hydrogens (tertiary/aromatic N) is 1. The summed E-state index contributed by atoms with van der Waals surface area (Å²) in [6, 6.07) is 10.8. The van der Waals surface area contributed by atoms with Crippen molar-refractivity contribution in [3.63, 3.8) is 0 Å². The molecule has 1 aliphatic carbocycles. The minimum absolute atomic E-state index is 0.0566. The molecule has 0 bridgehead atoms. The van der Waals surface area contributed by atoms with Crippen LogP contribution in [-0.2, 0) is 6.54 Å². The number of carbonyl (C=O) groups excluding carboxylic acids is 1. The Bertz CT molecular complexity index is 427. The van der Waals surface area contributed by atoms with Gasteiger partial charge >= 0.3 is 6.03 Å². The van der Waals surface area contributed by atoms with Crippen LogP contribution in [0.15, 0.2) is 30.3 Å². The van der Waals surface area contributed by atoms with Gasteiger partial charge < -0.3 is 16.0 Å². The molecule has 4 heteroatoms. The summed E-state index contributed by atoms with van der Waals surface area (Å²) >= 11 is 0. The predicted molar refractivity (Wildman–Crippen MR) is 85.9 cm³/mol. The van der Waals surface area contributed by atoms with Crippen molar-refractivity contribution in [2.24, 2.45) is 5.73 Å². The van der Waals surface area contributed by atoms with E-state index in [1.165, 1.54) is 0 Å². The van der Waals surface area contributed by atoms with Crippen LogP contribution in [0.2, 0.25) is 0 Å².